The van der Waals surface area contributed by atoms with Crippen LogP contribution in [-0.4, -0.2) is 51.3 Å². The summed E-state index contributed by atoms with van der Waals surface area (Å²) in [5.74, 6) is 2.62. The minimum Gasteiger partial charge on any atom is -0.353 e. The molecule has 1 saturated carbocycles. The van der Waals surface area contributed by atoms with Crippen LogP contribution < -0.4 is 9.80 Å². The van der Waals surface area contributed by atoms with Crippen molar-refractivity contribution >= 4 is 11.6 Å². The van der Waals surface area contributed by atoms with Gasteiger partial charge < -0.3 is 9.80 Å². The van der Waals surface area contributed by atoms with E-state index >= 15 is 0 Å². The number of hydrogen-bond acceptors (Lipinski definition) is 7. The highest BCUT2D eigenvalue weighted by atomic mass is 15.3. The molecule has 1 aliphatic carbocycles. The average molecular weight is 359 g/mol. The lowest BCUT2D eigenvalue weighted by Crippen LogP contribution is -2.47. The highest BCUT2D eigenvalue weighted by Crippen LogP contribution is 2.39. The molecule has 0 N–H and O–H groups in total. The fourth-order valence-electron chi connectivity index (χ4n) is 3.46. The average Bonchev–Trinajstić information content (AvgIpc) is 3.60. The first-order chi connectivity index (χ1) is 13.4. The van der Waals surface area contributed by atoms with Crippen LogP contribution in [0, 0.1) is 0 Å². The molecule has 0 amide bonds. The van der Waals surface area contributed by atoms with E-state index in [1.807, 2.05) is 24.3 Å². The second-order valence-corrected chi connectivity index (χ2v) is 7.07. The van der Waals surface area contributed by atoms with E-state index in [1.54, 1.807) is 18.7 Å². The van der Waals surface area contributed by atoms with E-state index in [0.717, 1.165) is 49.1 Å². The fraction of sp³-hybridized carbons (Fsp3) is 0.350. The van der Waals surface area contributed by atoms with E-state index in [1.165, 1.54) is 18.5 Å². The lowest BCUT2D eigenvalue weighted by molar-refractivity contribution is 0.637. The van der Waals surface area contributed by atoms with Gasteiger partial charge in [0.15, 0.2) is 5.82 Å². The third-order valence-electron chi connectivity index (χ3n) is 5.20. The van der Waals surface area contributed by atoms with Gasteiger partial charge in [-0.1, -0.05) is 0 Å². The molecule has 0 spiro atoms. The van der Waals surface area contributed by atoms with Gasteiger partial charge in [0.2, 0.25) is 0 Å². The van der Waals surface area contributed by atoms with Gasteiger partial charge in [0.25, 0.3) is 0 Å². The van der Waals surface area contributed by atoms with Gasteiger partial charge in [0.05, 0.1) is 5.69 Å². The monoisotopic (exact) mass is 359 g/mol. The van der Waals surface area contributed by atoms with Gasteiger partial charge in [-0.15, -0.1) is 10.2 Å². The number of hydrogen-bond donors (Lipinski definition) is 0. The molecule has 3 aromatic heterocycles. The van der Waals surface area contributed by atoms with Crippen LogP contribution in [0.15, 0.2) is 49.1 Å². The normalized spacial score (nSPS) is 17.2. The lowest BCUT2D eigenvalue weighted by atomic mass is 10.2. The zero-order valence-electron chi connectivity index (χ0n) is 15.1. The third kappa shape index (κ3) is 3.45. The Hall–Kier alpha value is -3.09. The summed E-state index contributed by atoms with van der Waals surface area (Å²) in [4.78, 5) is 17.6. The first-order valence-electron chi connectivity index (χ1n) is 9.43. The van der Waals surface area contributed by atoms with Crippen LogP contribution in [0.1, 0.15) is 24.5 Å². The topological polar surface area (TPSA) is 70.9 Å². The predicted molar refractivity (Wildman–Crippen MR) is 104 cm³/mol. The highest BCUT2D eigenvalue weighted by Gasteiger charge is 2.26. The molecule has 0 radical (unpaired) electrons. The molecule has 0 aromatic carbocycles. The molecule has 7 heteroatoms. The molecule has 27 heavy (non-hydrogen) atoms. The van der Waals surface area contributed by atoms with Crippen LogP contribution in [0.25, 0.3) is 11.3 Å². The van der Waals surface area contributed by atoms with Crippen LogP contribution in [0.4, 0.5) is 11.6 Å². The van der Waals surface area contributed by atoms with Gasteiger partial charge >= 0.3 is 0 Å². The van der Waals surface area contributed by atoms with Crippen molar-refractivity contribution in [2.45, 2.75) is 18.8 Å². The van der Waals surface area contributed by atoms with E-state index < -0.39 is 0 Å². The SMILES string of the molecule is c1cncc(-c2ccc(N3CCN(c4cc(C5CC5)ncn4)CC3)nn2)c1. The summed E-state index contributed by atoms with van der Waals surface area (Å²) in [7, 11) is 0. The Balaban J connectivity index is 1.24. The fourth-order valence-corrected chi connectivity index (χ4v) is 3.46. The van der Waals surface area contributed by atoms with Gasteiger partial charge in [-0.3, -0.25) is 4.98 Å². The molecule has 0 unspecified atom stereocenters. The van der Waals surface area contributed by atoms with Crippen molar-refractivity contribution in [1.82, 2.24) is 25.1 Å². The Bertz CT molecular complexity index is 901. The summed E-state index contributed by atoms with van der Waals surface area (Å²) in [6.45, 7) is 3.66. The van der Waals surface area contributed by atoms with Crippen molar-refractivity contribution in [1.29, 1.82) is 0 Å². The molecular weight excluding hydrogens is 338 g/mol. The Kier molecular flexibility index (Phi) is 4.12. The number of aromatic nitrogens is 5. The van der Waals surface area contributed by atoms with Crippen molar-refractivity contribution in [2.75, 3.05) is 36.0 Å². The lowest BCUT2D eigenvalue weighted by Gasteiger charge is -2.35. The van der Waals surface area contributed by atoms with E-state index in [-0.39, 0.29) is 0 Å². The summed E-state index contributed by atoms with van der Waals surface area (Å²) in [5, 5.41) is 8.80. The Morgan fingerprint density at radius 3 is 2.33 bits per heavy atom. The summed E-state index contributed by atoms with van der Waals surface area (Å²) >= 11 is 0. The molecule has 0 atom stereocenters. The molecule has 2 fully saturated rings. The molecule has 1 saturated heterocycles. The molecule has 4 heterocycles. The first-order valence-corrected chi connectivity index (χ1v) is 9.43. The minimum absolute atomic E-state index is 0.654. The second-order valence-electron chi connectivity index (χ2n) is 7.07. The van der Waals surface area contributed by atoms with Crippen molar-refractivity contribution in [2.24, 2.45) is 0 Å². The van der Waals surface area contributed by atoms with Gasteiger partial charge in [-0.2, -0.15) is 0 Å². The Labute approximate surface area is 158 Å². The first kappa shape index (κ1) is 16.1. The highest BCUT2D eigenvalue weighted by molar-refractivity contribution is 5.58. The largest absolute Gasteiger partial charge is 0.353 e. The van der Waals surface area contributed by atoms with E-state index in [0.29, 0.717) is 5.92 Å². The summed E-state index contributed by atoms with van der Waals surface area (Å²) in [5.41, 5.74) is 3.02. The Morgan fingerprint density at radius 2 is 1.67 bits per heavy atom. The molecule has 136 valence electrons. The molecule has 0 bridgehead atoms. The maximum absolute atomic E-state index is 4.48. The minimum atomic E-state index is 0.654. The smallest absolute Gasteiger partial charge is 0.151 e. The van der Waals surface area contributed by atoms with Gasteiger partial charge in [0, 0.05) is 61.8 Å². The van der Waals surface area contributed by atoms with E-state index in [2.05, 4.69) is 41.0 Å². The van der Waals surface area contributed by atoms with E-state index in [9.17, 15) is 0 Å². The van der Waals surface area contributed by atoms with Crippen molar-refractivity contribution < 1.29 is 0 Å². The molecule has 2 aliphatic rings. The number of anilines is 2. The molecule has 3 aromatic rings. The summed E-state index contributed by atoms with van der Waals surface area (Å²) in [6.07, 6.45) is 7.80. The van der Waals surface area contributed by atoms with Gasteiger partial charge in [-0.05, 0) is 37.1 Å². The van der Waals surface area contributed by atoms with Gasteiger partial charge in [0.1, 0.15) is 12.1 Å². The number of rotatable bonds is 4. The van der Waals surface area contributed by atoms with Gasteiger partial charge in [-0.25, -0.2) is 9.97 Å². The maximum atomic E-state index is 4.48. The van der Waals surface area contributed by atoms with Crippen LogP contribution in [0.3, 0.4) is 0 Å². The zero-order chi connectivity index (χ0) is 18.1. The molecular formula is C20H21N7. The van der Waals surface area contributed by atoms with Crippen molar-refractivity contribution in [3.63, 3.8) is 0 Å². The quantitative estimate of drug-likeness (QED) is 0.709. The predicted octanol–water partition coefficient (Wildman–Crippen LogP) is 2.53. The van der Waals surface area contributed by atoms with E-state index in [4.69, 9.17) is 0 Å². The standard InChI is InChI=1S/C20H21N7/c1-2-16(13-21-7-1)17-5-6-19(25-24-17)26-8-10-27(11-9-26)20-12-18(15-3-4-15)22-14-23-20/h1-2,5-7,12-15H,3-4,8-11H2. The maximum Gasteiger partial charge on any atom is 0.151 e. The van der Waals surface area contributed by atoms with Crippen molar-refractivity contribution in [3.05, 3.63) is 54.7 Å². The number of nitrogens with zero attached hydrogens (tertiary/aromatic N) is 7. The third-order valence-corrected chi connectivity index (χ3v) is 5.20. The van der Waals surface area contributed by atoms with Crippen LogP contribution >= 0.6 is 0 Å². The zero-order valence-corrected chi connectivity index (χ0v) is 15.1. The van der Waals surface area contributed by atoms with Crippen LogP contribution in [-0.2, 0) is 0 Å². The van der Waals surface area contributed by atoms with Crippen LogP contribution in [0.2, 0.25) is 0 Å². The molecule has 5 rings (SSSR count). The number of pyridine rings is 1. The Morgan fingerprint density at radius 1 is 0.852 bits per heavy atom. The van der Waals surface area contributed by atoms with Crippen LogP contribution in [0.5, 0.6) is 0 Å². The number of piperazine rings is 1. The second kappa shape index (κ2) is 6.90. The summed E-state index contributed by atoms with van der Waals surface area (Å²) < 4.78 is 0. The molecule has 7 nitrogen and oxygen atoms in total. The summed E-state index contributed by atoms with van der Waals surface area (Å²) in [6, 6.07) is 10.1. The van der Waals surface area contributed by atoms with Crippen molar-refractivity contribution in [3.8, 4) is 11.3 Å². The molecule has 1 aliphatic heterocycles.